The fourth-order valence-corrected chi connectivity index (χ4v) is 3.90. The fraction of sp³-hybridized carbons (Fsp3) is 0.450. The molecule has 0 unspecified atom stereocenters. The van der Waals surface area contributed by atoms with Crippen molar-refractivity contribution in [2.45, 2.75) is 38.5 Å². The third-order valence-corrected chi connectivity index (χ3v) is 5.87. The average Bonchev–Trinajstić information content (AvgIpc) is 3.41. The van der Waals surface area contributed by atoms with Gasteiger partial charge in [-0.15, -0.1) is 0 Å². The molecule has 4 rings (SSSR count). The second-order valence-corrected chi connectivity index (χ2v) is 7.90. The summed E-state index contributed by atoms with van der Waals surface area (Å²) in [4.78, 5) is 26.1. The van der Waals surface area contributed by atoms with Gasteiger partial charge in [0.1, 0.15) is 0 Å². The summed E-state index contributed by atoms with van der Waals surface area (Å²) in [5.74, 6) is -1.13. The van der Waals surface area contributed by atoms with Crippen LogP contribution in [0.1, 0.15) is 53.2 Å². The lowest BCUT2D eigenvalue weighted by atomic mass is 9.97. The van der Waals surface area contributed by atoms with Crippen LogP contribution in [0.15, 0.2) is 24.4 Å². The van der Waals surface area contributed by atoms with Crippen molar-refractivity contribution in [1.29, 1.82) is 0 Å². The van der Waals surface area contributed by atoms with E-state index in [9.17, 15) is 14.7 Å². The molecule has 1 atom stereocenters. The molecule has 6 nitrogen and oxygen atoms in total. The Morgan fingerprint density at radius 1 is 1.26 bits per heavy atom. The van der Waals surface area contributed by atoms with Gasteiger partial charge >= 0.3 is 5.97 Å². The van der Waals surface area contributed by atoms with E-state index in [-0.39, 0.29) is 12.5 Å². The smallest absolute Gasteiger partial charge is 0.308 e. The average molecular weight is 388 g/mol. The number of carbonyl (C=O) groups is 2. The molecule has 2 fully saturated rings. The molecular weight excluding hydrogens is 366 g/mol. The van der Waals surface area contributed by atoms with E-state index in [1.54, 1.807) is 11.1 Å². The molecule has 0 radical (unpaired) electrons. The van der Waals surface area contributed by atoms with Crippen LogP contribution in [-0.2, 0) is 4.79 Å². The summed E-state index contributed by atoms with van der Waals surface area (Å²) in [7, 11) is 0. The summed E-state index contributed by atoms with van der Waals surface area (Å²) in [6.45, 7) is 2.80. The molecule has 1 saturated carbocycles. The lowest BCUT2D eigenvalue weighted by molar-refractivity contribution is -0.143. The van der Waals surface area contributed by atoms with Crippen molar-refractivity contribution in [3.05, 3.63) is 46.2 Å². The van der Waals surface area contributed by atoms with Gasteiger partial charge in [-0.25, -0.2) is 4.68 Å². The molecule has 2 aliphatic rings. The predicted octanol–water partition coefficient (Wildman–Crippen LogP) is 3.65. The van der Waals surface area contributed by atoms with Gasteiger partial charge in [-0.1, -0.05) is 17.7 Å². The van der Waals surface area contributed by atoms with Crippen molar-refractivity contribution in [3.63, 3.8) is 0 Å². The number of piperidine rings is 1. The van der Waals surface area contributed by atoms with Crippen LogP contribution < -0.4 is 0 Å². The topological polar surface area (TPSA) is 75.4 Å². The number of carboxylic acid groups (broad SMARTS) is 1. The molecule has 27 heavy (non-hydrogen) atoms. The van der Waals surface area contributed by atoms with E-state index in [1.807, 2.05) is 29.8 Å². The maximum Gasteiger partial charge on any atom is 0.308 e. The molecule has 1 saturated heterocycles. The third kappa shape index (κ3) is 3.46. The van der Waals surface area contributed by atoms with Gasteiger partial charge in [0.25, 0.3) is 5.91 Å². The van der Waals surface area contributed by atoms with Crippen LogP contribution in [0.5, 0.6) is 0 Å². The van der Waals surface area contributed by atoms with Crippen molar-refractivity contribution in [3.8, 4) is 5.69 Å². The van der Waals surface area contributed by atoms with Crippen molar-refractivity contribution in [1.82, 2.24) is 14.7 Å². The Kier molecular flexibility index (Phi) is 4.68. The molecule has 0 spiro atoms. The number of aromatic nitrogens is 2. The normalized spacial score (nSPS) is 19.9. The second kappa shape index (κ2) is 7.00. The van der Waals surface area contributed by atoms with Crippen molar-refractivity contribution < 1.29 is 14.7 Å². The minimum Gasteiger partial charge on any atom is -0.481 e. The number of hydrogen-bond acceptors (Lipinski definition) is 3. The van der Waals surface area contributed by atoms with E-state index >= 15 is 0 Å². The highest BCUT2D eigenvalue weighted by Crippen LogP contribution is 2.43. The molecule has 0 bridgehead atoms. The number of rotatable bonds is 4. The summed E-state index contributed by atoms with van der Waals surface area (Å²) in [5, 5.41) is 14.4. The summed E-state index contributed by atoms with van der Waals surface area (Å²) in [6, 6.07) is 5.76. The molecular formula is C20H22ClN3O3. The van der Waals surface area contributed by atoms with Gasteiger partial charge in [0, 0.05) is 24.0 Å². The Hall–Kier alpha value is -2.34. The van der Waals surface area contributed by atoms with Crippen molar-refractivity contribution in [2.24, 2.45) is 5.92 Å². The number of carbonyl (C=O) groups excluding carboxylic acids is 1. The molecule has 2 aromatic rings. The van der Waals surface area contributed by atoms with Crippen LogP contribution in [0.4, 0.5) is 0 Å². The Morgan fingerprint density at radius 3 is 2.70 bits per heavy atom. The number of hydrogen-bond donors (Lipinski definition) is 1. The van der Waals surface area contributed by atoms with Gasteiger partial charge in [0.2, 0.25) is 0 Å². The monoisotopic (exact) mass is 387 g/mol. The summed E-state index contributed by atoms with van der Waals surface area (Å²) >= 11 is 6.28. The van der Waals surface area contributed by atoms with Crippen LogP contribution in [0, 0.1) is 12.8 Å². The highest BCUT2D eigenvalue weighted by Gasteiger charge is 2.36. The number of aryl methyl sites for hydroxylation is 1. The summed E-state index contributed by atoms with van der Waals surface area (Å²) in [6.07, 6.45) is 5.01. The van der Waals surface area contributed by atoms with E-state index in [4.69, 9.17) is 11.6 Å². The first-order valence-electron chi connectivity index (χ1n) is 9.32. The number of benzene rings is 1. The molecule has 1 amide bonds. The Balaban J connectivity index is 1.67. The first kappa shape index (κ1) is 18.0. The largest absolute Gasteiger partial charge is 0.481 e. The van der Waals surface area contributed by atoms with Crippen LogP contribution in [-0.4, -0.2) is 44.8 Å². The highest BCUT2D eigenvalue weighted by atomic mass is 35.5. The van der Waals surface area contributed by atoms with Crippen LogP contribution >= 0.6 is 11.6 Å². The van der Waals surface area contributed by atoms with E-state index in [1.165, 1.54) is 0 Å². The molecule has 1 aromatic carbocycles. The Bertz CT molecular complexity index is 904. The van der Waals surface area contributed by atoms with Crippen LogP contribution in [0.2, 0.25) is 5.02 Å². The van der Waals surface area contributed by atoms with E-state index < -0.39 is 11.9 Å². The second-order valence-electron chi connectivity index (χ2n) is 7.49. The van der Waals surface area contributed by atoms with Gasteiger partial charge < -0.3 is 10.0 Å². The minimum absolute atomic E-state index is 0.118. The quantitative estimate of drug-likeness (QED) is 0.868. The number of likely N-dealkylation sites (tertiary alicyclic amines) is 1. The van der Waals surface area contributed by atoms with Gasteiger partial charge in [-0.3, -0.25) is 9.59 Å². The Morgan fingerprint density at radius 2 is 2.04 bits per heavy atom. The molecule has 142 valence electrons. The van der Waals surface area contributed by atoms with E-state index in [0.29, 0.717) is 35.9 Å². The standard InChI is InChI=1S/C20H22ClN3O3/c1-12-4-7-15(9-17(12)21)24-18(13-5-6-13)16(10-22-24)19(25)23-8-2-3-14(11-23)20(26)27/h4,7,9-10,13-14H,2-3,5-6,8,11H2,1H3,(H,26,27)/t14-/m0/s1. The first-order chi connectivity index (χ1) is 13.0. The number of nitrogens with zero attached hydrogens (tertiary/aromatic N) is 3. The number of carboxylic acids is 1. The Labute approximate surface area is 162 Å². The number of amides is 1. The predicted molar refractivity (Wildman–Crippen MR) is 102 cm³/mol. The highest BCUT2D eigenvalue weighted by molar-refractivity contribution is 6.31. The SMILES string of the molecule is Cc1ccc(-n2ncc(C(=O)N3CCC[C@H](C(=O)O)C3)c2C2CC2)cc1Cl. The van der Waals surface area contributed by atoms with Gasteiger partial charge in [-0.2, -0.15) is 5.10 Å². The van der Waals surface area contributed by atoms with Crippen molar-refractivity contribution >= 4 is 23.5 Å². The number of halogens is 1. The van der Waals surface area contributed by atoms with Gasteiger partial charge in [-0.05, 0) is 50.3 Å². The zero-order chi connectivity index (χ0) is 19.1. The van der Waals surface area contributed by atoms with E-state index in [2.05, 4.69) is 5.10 Å². The summed E-state index contributed by atoms with van der Waals surface area (Å²) in [5.41, 5.74) is 3.33. The molecule has 1 aliphatic heterocycles. The van der Waals surface area contributed by atoms with Gasteiger partial charge in [0.05, 0.1) is 29.1 Å². The first-order valence-corrected chi connectivity index (χ1v) is 9.70. The maximum atomic E-state index is 13.1. The molecule has 1 aliphatic carbocycles. The molecule has 1 aromatic heterocycles. The fourth-order valence-electron chi connectivity index (χ4n) is 3.73. The lowest BCUT2D eigenvalue weighted by Crippen LogP contribution is -2.42. The molecule has 2 heterocycles. The number of aliphatic carboxylic acids is 1. The summed E-state index contributed by atoms with van der Waals surface area (Å²) < 4.78 is 1.81. The van der Waals surface area contributed by atoms with Crippen LogP contribution in [0.25, 0.3) is 5.69 Å². The molecule has 1 N–H and O–H groups in total. The van der Waals surface area contributed by atoms with E-state index in [0.717, 1.165) is 29.8 Å². The lowest BCUT2D eigenvalue weighted by Gasteiger charge is -2.30. The zero-order valence-electron chi connectivity index (χ0n) is 15.2. The minimum atomic E-state index is -0.833. The third-order valence-electron chi connectivity index (χ3n) is 5.46. The van der Waals surface area contributed by atoms with Crippen LogP contribution in [0.3, 0.4) is 0 Å². The maximum absolute atomic E-state index is 13.1. The zero-order valence-corrected chi connectivity index (χ0v) is 15.9. The molecule has 7 heteroatoms. The van der Waals surface area contributed by atoms with Gasteiger partial charge in [0.15, 0.2) is 0 Å². The van der Waals surface area contributed by atoms with Crippen molar-refractivity contribution in [2.75, 3.05) is 13.1 Å².